The number of methoxy groups -OCH3 is 1. The van der Waals surface area contributed by atoms with E-state index in [1.165, 1.54) is 20.0 Å². The quantitative estimate of drug-likeness (QED) is 0.682. The minimum Gasteiger partial charge on any atom is -0.469 e. The Kier molecular flexibility index (Phi) is 5.05. The van der Waals surface area contributed by atoms with Crippen LogP contribution in [0.3, 0.4) is 0 Å². The monoisotopic (exact) mass is 268 g/mol. The van der Waals surface area contributed by atoms with Crippen molar-refractivity contribution in [3.05, 3.63) is 0 Å². The summed E-state index contributed by atoms with van der Waals surface area (Å²) in [5, 5.41) is 0. The molecule has 0 radical (unpaired) electrons. The van der Waals surface area contributed by atoms with E-state index in [0.717, 1.165) is 45.3 Å². The van der Waals surface area contributed by atoms with Gasteiger partial charge in [0.15, 0.2) is 0 Å². The van der Waals surface area contributed by atoms with Crippen LogP contribution in [0.1, 0.15) is 38.5 Å². The van der Waals surface area contributed by atoms with Crippen molar-refractivity contribution in [2.45, 2.75) is 38.5 Å². The molecule has 108 valence electrons. The average molecular weight is 268 g/mol. The van der Waals surface area contributed by atoms with Gasteiger partial charge in [0.1, 0.15) is 0 Å². The fourth-order valence-electron chi connectivity index (χ4n) is 2.97. The molecule has 0 unspecified atom stereocenters. The number of hydrogen-bond acceptors (Lipinski definition) is 3. The second kappa shape index (κ2) is 6.78. The van der Waals surface area contributed by atoms with Crippen LogP contribution in [-0.4, -0.2) is 55.1 Å². The summed E-state index contributed by atoms with van der Waals surface area (Å²) in [4.78, 5) is 27.8. The number of esters is 1. The van der Waals surface area contributed by atoms with E-state index in [4.69, 9.17) is 4.74 Å². The normalized spacial score (nSPS) is 24.8. The van der Waals surface area contributed by atoms with Crippen molar-refractivity contribution in [3.8, 4) is 0 Å². The number of likely N-dealkylation sites (tertiary alicyclic amines) is 2. The molecule has 2 rings (SSSR count). The van der Waals surface area contributed by atoms with Crippen molar-refractivity contribution in [2.24, 2.45) is 5.92 Å². The zero-order chi connectivity index (χ0) is 13.7. The number of ether oxygens (including phenoxy) is 1. The number of carbonyl (C=O) groups is 2. The molecule has 0 aromatic rings. The van der Waals surface area contributed by atoms with Crippen LogP contribution in [0.15, 0.2) is 0 Å². The Morgan fingerprint density at radius 3 is 2.21 bits per heavy atom. The number of piperidine rings is 1. The number of amides is 2. The highest BCUT2D eigenvalue weighted by Crippen LogP contribution is 2.20. The fourth-order valence-corrected chi connectivity index (χ4v) is 2.97. The third-order valence-electron chi connectivity index (χ3n) is 4.10. The molecule has 0 bridgehead atoms. The maximum Gasteiger partial charge on any atom is 0.320 e. The zero-order valence-electron chi connectivity index (χ0n) is 11.8. The summed E-state index contributed by atoms with van der Waals surface area (Å²) in [5.74, 6) is -0.331. The number of hydrogen-bond donors (Lipinski definition) is 0. The third-order valence-corrected chi connectivity index (χ3v) is 4.10. The van der Waals surface area contributed by atoms with E-state index in [0.29, 0.717) is 6.54 Å². The van der Waals surface area contributed by atoms with Gasteiger partial charge >= 0.3 is 12.0 Å². The molecule has 0 aromatic heterocycles. The molecule has 2 heterocycles. The molecule has 1 atom stereocenters. The number of nitrogens with zero attached hydrogens (tertiary/aromatic N) is 2. The number of urea groups is 1. The summed E-state index contributed by atoms with van der Waals surface area (Å²) in [7, 11) is 1.41. The molecule has 0 aliphatic carbocycles. The molecule has 0 spiro atoms. The average Bonchev–Trinajstić information content (AvgIpc) is 2.75. The van der Waals surface area contributed by atoms with E-state index in [2.05, 4.69) is 0 Å². The smallest absolute Gasteiger partial charge is 0.320 e. The Labute approximate surface area is 114 Å². The largest absolute Gasteiger partial charge is 0.469 e. The Hall–Kier alpha value is -1.26. The Bertz CT molecular complexity index is 325. The van der Waals surface area contributed by atoms with E-state index in [1.54, 1.807) is 0 Å². The SMILES string of the molecule is COC(=O)[C@H]1CCCN(C(=O)N2CCCCCC2)C1. The minimum absolute atomic E-state index is 0.107. The summed E-state index contributed by atoms with van der Waals surface area (Å²) < 4.78 is 4.79. The number of carbonyl (C=O) groups excluding carboxylic acids is 2. The predicted molar refractivity (Wildman–Crippen MR) is 71.8 cm³/mol. The summed E-state index contributed by atoms with van der Waals surface area (Å²) in [5.41, 5.74) is 0. The van der Waals surface area contributed by atoms with Gasteiger partial charge in [-0.2, -0.15) is 0 Å². The summed E-state index contributed by atoms with van der Waals surface area (Å²) in [6, 6.07) is 0.107. The van der Waals surface area contributed by atoms with Gasteiger partial charge in [-0.05, 0) is 25.7 Å². The van der Waals surface area contributed by atoms with Crippen molar-refractivity contribution in [1.29, 1.82) is 0 Å². The Morgan fingerprint density at radius 2 is 1.58 bits per heavy atom. The Balaban J connectivity index is 1.92. The molecule has 5 nitrogen and oxygen atoms in total. The molecule has 0 N–H and O–H groups in total. The van der Waals surface area contributed by atoms with Crippen LogP contribution in [0.4, 0.5) is 4.79 Å². The lowest BCUT2D eigenvalue weighted by molar-refractivity contribution is -0.146. The van der Waals surface area contributed by atoms with Gasteiger partial charge in [-0.1, -0.05) is 12.8 Å². The maximum absolute atomic E-state index is 12.5. The second-order valence-corrected chi connectivity index (χ2v) is 5.49. The first kappa shape index (κ1) is 14.2. The highest BCUT2D eigenvalue weighted by atomic mass is 16.5. The van der Waals surface area contributed by atoms with Gasteiger partial charge in [-0.15, -0.1) is 0 Å². The molecule has 2 aliphatic heterocycles. The molecule has 2 aliphatic rings. The van der Waals surface area contributed by atoms with E-state index in [9.17, 15) is 9.59 Å². The van der Waals surface area contributed by atoms with Gasteiger partial charge in [0.05, 0.1) is 13.0 Å². The summed E-state index contributed by atoms with van der Waals surface area (Å²) >= 11 is 0. The molecule has 2 saturated heterocycles. The summed E-state index contributed by atoms with van der Waals surface area (Å²) in [6.45, 7) is 3.00. The van der Waals surface area contributed by atoms with Crippen LogP contribution in [-0.2, 0) is 9.53 Å². The van der Waals surface area contributed by atoms with Gasteiger partial charge in [0, 0.05) is 26.2 Å². The van der Waals surface area contributed by atoms with Crippen LogP contribution >= 0.6 is 0 Å². The van der Waals surface area contributed by atoms with Crippen LogP contribution in [0.5, 0.6) is 0 Å². The zero-order valence-corrected chi connectivity index (χ0v) is 11.8. The fraction of sp³-hybridized carbons (Fsp3) is 0.857. The topological polar surface area (TPSA) is 49.9 Å². The number of rotatable bonds is 1. The van der Waals surface area contributed by atoms with Gasteiger partial charge in [-0.25, -0.2) is 4.79 Å². The van der Waals surface area contributed by atoms with Crippen LogP contribution < -0.4 is 0 Å². The molecule has 19 heavy (non-hydrogen) atoms. The van der Waals surface area contributed by atoms with Crippen molar-refractivity contribution >= 4 is 12.0 Å². The van der Waals surface area contributed by atoms with Gasteiger partial charge in [0.2, 0.25) is 0 Å². The lowest BCUT2D eigenvalue weighted by Gasteiger charge is -2.35. The van der Waals surface area contributed by atoms with E-state index < -0.39 is 0 Å². The second-order valence-electron chi connectivity index (χ2n) is 5.49. The summed E-state index contributed by atoms with van der Waals surface area (Å²) in [6.07, 6.45) is 6.35. The molecule has 0 saturated carbocycles. The first-order chi connectivity index (χ1) is 9.22. The van der Waals surface area contributed by atoms with Crippen LogP contribution in [0.2, 0.25) is 0 Å². The first-order valence-electron chi connectivity index (χ1n) is 7.34. The first-order valence-corrected chi connectivity index (χ1v) is 7.34. The molecular formula is C14H24N2O3. The lowest BCUT2D eigenvalue weighted by Crippen LogP contribution is -2.49. The van der Waals surface area contributed by atoms with Crippen molar-refractivity contribution in [3.63, 3.8) is 0 Å². The van der Waals surface area contributed by atoms with E-state index in [-0.39, 0.29) is 17.9 Å². The van der Waals surface area contributed by atoms with E-state index >= 15 is 0 Å². The van der Waals surface area contributed by atoms with Gasteiger partial charge in [0.25, 0.3) is 0 Å². The molecule has 2 fully saturated rings. The van der Waals surface area contributed by atoms with Crippen molar-refractivity contribution in [1.82, 2.24) is 9.80 Å². The van der Waals surface area contributed by atoms with E-state index in [1.807, 2.05) is 9.80 Å². The van der Waals surface area contributed by atoms with Crippen LogP contribution in [0.25, 0.3) is 0 Å². The van der Waals surface area contributed by atoms with Crippen molar-refractivity contribution < 1.29 is 14.3 Å². The standard InChI is InChI=1S/C14H24N2O3/c1-19-13(17)12-7-6-10-16(11-12)14(18)15-8-4-2-3-5-9-15/h12H,2-11H2,1H3/t12-/m0/s1. The lowest BCUT2D eigenvalue weighted by atomic mass is 9.98. The van der Waals surface area contributed by atoms with Crippen molar-refractivity contribution in [2.75, 3.05) is 33.3 Å². The maximum atomic E-state index is 12.5. The highest BCUT2D eigenvalue weighted by Gasteiger charge is 2.31. The predicted octanol–water partition coefficient (Wildman–Crippen LogP) is 1.87. The molecular weight excluding hydrogens is 244 g/mol. The Morgan fingerprint density at radius 1 is 0.947 bits per heavy atom. The molecule has 5 heteroatoms. The minimum atomic E-state index is -0.187. The van der Waals surface area contributed by atoms with Gasteiger partial charge in [-0.3, -0.25) is 4.79 Å². The third kappa shape index (κ3) is 3.61. The van der Waals surface area contributed by atoms with Crippen LogP contribution in [0, 0.1) is 5.92 Å². The highest BCUT2D eigenvalue weighted by molar-refractivity contribution is 5.77. The molecule has 0 aromatic carbocycles. The molecule has 2 amide bonds. The van der Waals surface area contributed by atoms with Gasteiger partial charge < -0.3 is 14.5 Å².